The van der Waals surface area contributed by atoms with Crippen LogP contribution in [0.4, 0.5) is 0 Å². The van der Waals surface area contributed by atoms with Crippen molar-refractivity contribution in [1.29, 1.82) is 0 Å². The fourth-order valence-electron chi connectivity index (χ4n) is 1.08. The lowest BCUT2D eigenvalue weighted by Crippen LogP contribution is -2.23. The maximum atomic E-state index is 10.9. The Balaban J connectivity index is 2.92. The topological polar surface area (TPSA) is 72.3 Å². The molecule has 15 heavy (non-hydrogen) atoms. The van der Waals surface area contributed by atoms with Crippen molar-refractivity contribution in [2.45, 2.75) is 18.3 Å². The van der Waals surface area contributed by atoms with Crippen LogP contribution in [0.1, 0.15) is 18.9 Å². The molecule has 0 aliphatic heterocycles. The lowest BCUT2D eigenvalue weighted by molar-refractivity contribution is 0.0945. The lowest BCUT2D eigenvalue weighted by Gasteiger charge is -2.17. The summed E-state index contributed by atoms with van der Waals surface area (Å²) >= 11 is 3.64. The molecule has 1 aromatic rings. The van der Waals surface area contributed by atoms with Gasteiger partial charge in [-0.3, -0.25) is 0 Å². The first kappa shape index (κ1) is 12.5. The van der Waals surface area contributed by atoms with Crippen molar-refractivity contribution in [1.82, 2.24) is 9.97 Å². The van der Waals surface area contributed by atoms with Crippen molar-refractivity contribution in [2.75, 3.05) is 7.11 Å². The minimum atomic E-state index is -1.98. The van der Waals surface area contributed by atoms with E-state index in [4.69, 9.17) is 20.9 Å². The molecule has 0 aliphatic rings. The van der Waals surface area contributed by atoms with E-state index in [1.807, 2.05) is 0 Å². The maximum absolute atomic E-state index is 10.9. The number of rotatable bonds is 4. The van der Waals surface area contributed by atoms with Gasteiger partial charge in [-0.2, -0.15) is 0 Å². The van der Waals surface area contributed by atoms with Gasteiger partial charge in [0.1, 0.15) is 6.10 Å². The molecule has 3 atom stereocenters. The van der Waals surface area contributed by atoms with Crippen LogP contribution in [0.2, 0.25) is 5.02 Å². The van der Waals surface area contributed by atoms with Gasteiger partial charge in [-0.25, -0.2) is 14.2 Å². The molecule has 0 aromatic carbocycles. The predicted octanol–water partition coefficient (Wildman–Crippen LogP) is 1.43. The molecule has 1 aromatic heterocycles. The zero-order valence-corrected chi connectivity index (χ0v) is 9.83. The van der Waals surface area contributed by atoms with E-state index in [9.17, 15) is 4.21 Å². The Morgan fingerprint density at radius 3 is 2.47 bits per heavy atom. The molecular formula is C8H11ClN2O3S. The molecular weight excluding hydrogens is 240 g/mol. The molecule has 0 spiro atoms. The third-order valence-electron chi connectivity index (χ3n) is 1.89. The Hall–Kier alpha value is -0.560. The summed E-state index contributed by atoms with van der Waals surface area (Å²) in [5.41, 5.74) is 0. The first-order chi connectivity index (χ1) is 7.06. The molecule has 0 bridgehead atoms. The van der Waals surface area contributed by atoms with Crippen molar-refractivity contribution in [3.05, 3.63) is 23.2 Å². The standard InChI is InChI=1S/C8H11ClN2O3S/c1-5(15(12)13)7(14-2)8-10-3-6(9)4-11-8/h3-5,7H,1-2H3,(H,12,13)/t5-,7-/m0/s1. The second kappa shape index (κ2) is 5.50. The normalized spacial score (nSPS) is 17.1. The van der Waals surface area contributed by atoms with Crippen molar-refractivity contribution in [3.8, 4) is 0 Å². The average molecular weight is 251 g/mol. The van der Waals surface area contributed by atoms with E-state index >= 15 is 0 Å². The fraction of sp³-hybridized carbons (Fsp3) is 0.500. The quantitative estimate of drug-likeness (QED) is 0.819. The van der Waals surface area contributed by atoms with E-state index in [-0.39, 0.29) is 0 Å². The molecule has 1 unspecified atom stereocenters. The van der Waals surface area contributed by atoms with Crippen LogP contribution in [0.25, 0.3) is 0 Å². The van der Waals surface area contributed by atoms with Crippen molar-refractivity contribution in [2.24, 2.45) is 0 Å². The van der Waals surface area contributed by atoms with Gasteiger partial charge in [-0.05, 0) is 6.92 Å². The van der Waals surface area contributed by atoms with Crippen LogP contribution in [0.15, 0.2) is 12.4 Å². The molecule has 0 saturated heterocycles. The molecule has 0 saturated carbocycles. The molecule has 84 valence electrons. The van der Waals surface area contributed by atoms with Gasteiger partial charge >= 0.3 is 0 Å². The summed E-state index contributed by atoms with van der Waals surface area (Å²) in [7, 11) is 1.44. The van der Waals surface area contributed by atoms with Gasteiger partial charge in [-0.1, -0.05) is 11.6 Å². The summed E-state index contributed by atoms with van der Waals surface area (Å²) in [5, 5.41) is -0.192. The van der Waals surface area contributed by atoms with Crippen LogP contribution in [-0.2, 0) is 15.8 Å². The van der Waals surface area contributed by atoms with Gasteiger partial charge < -0.3 is 9.29 Å². The van der Waals surface area contributed by atoms with E-state index in [0.29, 0.717) is 10.8 Å². The van der Waals surface area contributed by atoms with Crippen molar-refractivity contribution >= 4 is 22.7 Å². The number of hydrogen-bond acceptors (Lipinski definition) is 4. The number of methoxy groups -OCH3 is 1. The molecule has 0 radical (unpaired) electrons. The summed E-state index contributed by atoms with van der Waals surface area (Å²) in [5.74, 6) is 0.344. The van der Waals surface area contributed by atoms with E-state index in [2.05, 4.69) is 9.97 Å². The zero-order chi connectivity index (χ0) is 11.4. The third-order valence-corrected chi connectivity index (χ3v) is 2.97. The minimum absolute atomic E-state index is 0.344. The molecule has 0 aliphatic carbocycles. The Labute approximate surface area is 95.1 Å². The SMILES string of the molecule is CO[C@H](c1ncc(Cl)cn1)[C@H](C)S(=O)O. The fourth-order valence-corrected chi connectivity index (χ4v) is 1.62. The summed E-state index contributed by atoms with van der Waals surface area (Å²) in [6.45, 7) is 1.59. The molecule has 7 heteroatoms. The Morgan fingerprint density at radius 2 is 2.07 bits per heavy atom. The molecule has 5 nitrogen and oxygen atoms in total. The largest absolute Gasteiger partial charge is 0.372 e. The van der Waals surface area contributed by atoms with Gasteiger partial charge in [0.2, 0.25) is 0 Å². The Morgan fingerprint density at radius 1 is 1.53 bits per heavy atom. The summed E-state index contributed by atoms with van der Waals surface area (Å²) in [6.07, 6.45) is 2.22. The van der Waals surface area contributed by atoms with Crippen LogP contribution in [0.5, 0.6) is 0 Å². The summed E-state index contributed by atoms with van der Waals surface area (Å²) < 4.78 is 24.9. The van der Waals surface area contributed by atoms with E-state index in [1.54, 1.807) is 6.92 Å². The highest BCUT2D eigenvalue weighted by atomic mass is 35.5. The highest BCUT2D eigenvalue weighted by Gasteiger charge is 2.25. The van der Waals surface area contributed by atoms with Crippen molar-refractivity contribution < 1.29 is 13.5 Å². The minimum Gasteiger partial charge on any atom is -0.372 e. The second-order valence-electron chi connectivity index (χ2n) is 2.90. The molecule has 1 rings (SSSR count). The number of nitrogens with zero attached hydrogens (tertiary/aromatic N) is 2. The number of ether oxygens (including phenoxy) is 1. The highest BCUT2D eigenvalue weighted by molar-refractivity contribution is 7.79. The number of halogens is 1. The van der Waals surface area contributed by atoms with E-state index < -0.39 is 22.4 Å². The number of aromatic nitrogens is 2. The lowest BCUT2D eigenvalue weighted by atomic mass is 10.2. The van der Waals surface area contributed by atoms with Crippen LogP contribution >= 0.6 is 11.6 Å². The smallest absolute Gasteiger partial charge is 0.158 e. The van der Waals surface area contributed by atoms with E-state index in [1.165, 1.54) is 19.5 Å². The van der Waals surface area contributed by atoms with E-state index in [0.717, 1.165) is 0 Å². The average Bonchev–Trinajstić information content (AvgIpc) is 2.21. The van der Waals surface area contributed by atoms with Crippen molar-refractivity contribution in [3.63, 3.8) is 0 Å². The molecule has 1 heterocycles. The number of hydrogen-bond donors (Lipinski definition) is 1. The van der Waals surface area contributed by atoms with Crippen LogP contribution in [-0.4, -0.2) is 31.1 Å². The molecule has 0 fully saturated rings. The first-order valence-electron chi connectivity index (χ1n) is 4.16. The van der Waals surface area contributed by atoms with Gasteiger partial charge in [0.05, 0.1) is 10.3 Å². The van der Waals surface area contributed by atoms with Crippen LogP contribution in [0, 0.1) is 0 Å². The van der Waals surface area contributed by atoms with Gasteiger partial charge in [-0.15, -0.1) is 0 Å². The zero-order valence-electron chi connectivity index (χ0n) is 8.25. The Kier molecular flexibility index (Phi) is 4.59. The van der Waals surface area contributed by atoms with Crippen LogP contribution < -0.4 is 0 Å². The molecule has 1 N–H and O–H groups in total. The third kappa shape index (κ3) is 3.20. The maximum Gasteiger partial charge on any atom is 0.158 e. The Bertz CT molecular complexity index is 346. The first-order valence-corrected chi connectivity index (χ1v) is 5.71. The van der Waals surface area contributed by atoms with Gasteiger partial charge in [0, 0.05) is 19.5 Å². The molecule has 0 amide bonds. The van der Waals surface area contributed by atoms with Gasteiger partial charge in [0.25, 0.3) is 0 Å². The van der Waals surface area contributed by atoms with Gasteiger partial charge in [0.15, 0.2) is 16.9 Å². The monoisotopic (exact) mass is 250 g/mol. The second-order valence-corrected chi connectivity index (χ2v) is 4.63. The summed E-state index contributed by atoms with van der Waals surface area (Å²) in [6, 6.07) is 0. The predicted molar refractivity (Wildman–Crippen MR) is 57.0 cm³/mol. The highest BCUT2D eigenvalue weighted by Crippen LogP contribution is 2.20. The van der Waals surface area contributed by atoms with Crippen LogP contribution in [0.3, 0.4) is 0 Å². The summed E-state index contributed by atoms with van der Waals surface area (Å²) in [4.78, 5) is 7.88.